The zero-order chi connectivity index (χ0) is 16.2. The van der Waals surface area contributed by atoms with Crippen LogP contribution in [0, 0.1) is 0 Å². The molecule has 2 aromatic carbocycles. The molecule has 0 saturated carbocycles. The fourth-order valence-electron chi connectivity index (χ4n) is 2.31. The largest absolute Gasteiger partial charge is 0.497 e. The number of aromatic nitrogens is 2. The van der Waals surface area contributed by atoms with Crippen LogP contribution in [0.15, 0.2) is 65.6 Å². The van der Waals surface area contributed by atoms with Crippen LogP contribution in [0.25, 0.3) is 11.1 Å². The first-order valence-corrected chi connectivity index (χ1v) is 7.21. The van der Waals surface area contributed by atoms with E-state index in [0.717, 1.165) is 17.0 Å². The Balaban J connectivity index is 1.93. The number of ether oxygens (including phenoxy) is 1. The molecule has 1 N–H and O–H groups in total. The highest BCUT2D eigenvalue weighted by molar-refractivity contribution is 5.64. The summed E-state index contributed by atoms with van der Waals surface area (Å²) in [6.45, 7) is 0. The molecule has 0 unspecified atom stereocenters. The fraction of sp³-hybridized carbons (Fsp3) is 0.111. The summed E-state index contributed by atoms with van der Waals surface area (Å²) >= 11 is 0. The third-order valence-electron chi connectivity index (χ3n) is 3.65. The summed E-state index contributed by atoms with van der Waals surface area (Å²) in [5, 5.41) is 0. The van der Waals surface area contributed by atoms with Crippen molar-refractivity contribution >= 4 is 11.6 Å². The Hall–Kier alpha value is -3.08. The lowest BCUT2D eigenvalue weighted by atomic mass is 10.1. The van der Waals surface area contributed by atoms with E-state index < -0.39 is 0 Å². The second-order valence-electron chi connectivity index (χ2n) is 5.07. The van der Waals surface area contributed by atoms with Gasteiger partial charge < -0.3 is 9.64 Å². The van der Waals surface area contributed by atoms with Gasteiger partial charge in [0.25, 0.3) is 5.56 Å². The number of para-hydroxylation sites is 1. The summed E-state index contributed by atoms with van der Waals surface area (Å²) < 4.78 is 5.13. The van der Waals surface area contributed by atoms with E-state index in [1.807, 2.05) is 66.5 Å². The molecule has 5 heteroatoms. The molecule has 0 aliphatic carbocycles. The van der Waals surface area contributed by atoms with Crippen LogP contribution in [0.1, 0.15) is 0 Å². The van der Waals surface area contributed by atoms with Crippen molar-refractivity contribution in [1.29, 1.82) is 0 Å². The first-order chi connectivity index (χ1) is 11.2. The number of hydrogen-bond donors (Lipinski definition) is 1. The molecule has 0 aliphatic rings. The highest BCUT2D eigenvalue weighted by atomic mass is 16.5. The number of benzene rings is 2. The molecule has 0 atom stereocenters. The standard InChI is InChI=1S/C18H17N3O2/c1-21(14-6-4-3-5-7-14)18-19-12-16(17(22)20-18)13-8-10-15(23-2)11-9-13/h3-12H,1-2H3,(H,19,20,22). The topological polar surface area (TPSA) is 58.2 Å². The monoisotopic (exact) mass is 307 g/mol. The Morgan fingerprint density at radius 3 is 2.35 bits per heavy atom. The van der Waals surface area contributed by atoms with Crippen LogP contribution in [-0.4, -0.2) is 24.1 Å². The maximum absolute atomic E-state index is 12.4. The third kappa shape index (κ3) is 3.08. The van der Waals surface area contributed by atoms with Crippen molar-refractivity contribution in [3.63, 3.8) is 0 Å². The van der Waals surface area contributed by atoms with Crippen molar-refractivity contribution in [2.45, 2.75) is 0 Å². The summed E-state index contributed by atoms with van der Waals surface area (Å²) in [5.74, 6) is 1.25. The molecule has 1 heterocycles. The van der Waals surface area contributed by atoms with E-state index >= 15 is 0 Å². The summed E-state index contributed by atoms with van der Waals surface area (Å²) in [6, 6.07) is 17.1. The van der Waals surface area contributed by atoms with Crippen molar-refractivity contribution in [3.05, 3.63) is 71.1 Å². The molecule has 0 spiro atoms. The van der Waals surface area contributed by atoms with Crippen LogP contribution < -0.4 is 15.2 Å². The van der Waals surface area contributed by atoms with Gasteiger partial charge >= 0.3 is 0 Å². The van der Waals surface area contributed by atoms with Gasteiger partial charge in [-0.15, -0.1) is 0 Å². The van der Waals surface area contributed by atoms with Crippen LogP contribution in [0.4, 0.5) is 11.6 Å². The van der Waals surface area contributed by atoms with E-state index in [1.54, 1.807) is 13.3 Å². The molecule has 0 fully saturated rings. The zero-order valence-corrected chi connectivity index (χ0v) is 13.0. The molecule has 0 radical (unpaired) electrons. The van der Waals surface area contributed by atoms with Gasteiger partial charge in [0.15, 0.2) is 0 Å². The molecule has 0 aliphatic heterocycles. The van der Waals surface area contributed by atoms with Gasteiger partial charge in [-0.1, -0.05) is 30.3 Å². The Bertz CT molecular complexity index is 842. The smallest absolute Gasteiger partial charge is 0.260 e. The molecule has 0 saturated heterocycles. The maximum atomic E-state index is 12.4. The predicted molar refractivity (Wildman–Crippen MR) is 91.4 cm³/mol. The van der Waals surface area contributed by atoms with Crippen LogP contribution in [0.2, 0.25) is 0 Å². The molecule has 0 bridgehead atoms. The number of aromatic amines is 1. The van der Waals surface area contributed by atoms with Crippen molar-refractivity contribution in [2.24, 2.45) is 0 Å². The molecule has 5 nitrogen and oxygen atoms in total. The summed E-state index contributed by atoms with van der Waals surface area (Å²) in [5.41, 5.74) is 2.10. The van der Waals surface area contributed by atoms with Gasteiger partial charge in [0, 0.05) is 18.9 Å². The number of hydrogen-bond acceptors (Lipinski definition) is 4. The van der Waals surface area contributed by atoms with Gasteiger partial charge in [0.05, 0.1) is 12.7 Å². The van der Waals surface area contributed by atoms with Gasteiger partial charge in [-0.25, -0.2) is 4.98 Å². The van der Waals surface area contributed by atoms with Crippen molar-refractivity contribution in [3.8, 4) is 16.9 Å². The Labute approximate surface area is 134 Å². The summed E-state index contributed by atoms with van der Waals surface area (Å²) in [6.07, 6.45) is 1.59. The average Bonchev–Trinajstić information content (AvgIpc) is 2.62. The highest BCUT2D eigenvalue weighted by Crippen LogP contribution is 2.21. The zero-order valence-electron chi connectivity index (χ0n) is 13.0. The van der Waals surface area contributed by atoms with Crippen molar-refractivity contribution in [1.82, 2.24) is 9.97 Å². The number of nitrogens with one attached hydrogen (secondary N) is 1. The lowest BCUT2D eigenvalue weighted by molar-refractivity contribution is 0.415. The second kappa shape index (κ2) is 6.36. The van der Waals surface area contributed by atoms with Gasteiger partial charge in [0.2, 0.25) is 5.95 Å². The number of nitrogens with zero attached hydrogens (tertiary/aromatic N) is 2. The Kier molecular flexibility index (Phi) is 4.10. The van der Waals surface area contributed by atoms with E-state index in [0.29, 0.717) is 11.5 Å². The molecule has 3 aromatic rings. The van der Waals surface area contributed by atoms with Crippen molar-refractivity contribution < 1.29 is 4.74 Å². The van der Waals surface area contributed by atoms with Gasteiger partial charge in [-0.05, 0) is 29.8 Å². The normalized spacial score (nSPS) is 10.3. The van der Waals surface area contributed by atoms with Crippen LogP contribution in [-0.2, 0) is 0 Å². The van der Waals surface area contributed by atoms with Gasteiger partial charge in [-0.2, -0.15) is 0 Å². The van der Waals surface area contributed by atoms with E-state index in [-0.39, 0.29) is 5.56 Å². The average molecular weight is 307 g/mol. The summed E-state index contributed by atoms with van der Waals surface area (Å²) in [7, 11) is 3.47. The van der Waals surface area contributed by atoms with Crippen LogP contribution in [0.3, 0.4) is 0 Å². The minimum atomic E-state index is -0.178. The first-order valence-electron chi connectivity index (χ1n) is 7.21. The SMILES string of the molecule is COc1ccc(-c2cnc(N(C)c3ccccc3)[nH]c2=O)cc1. The molecule has 3 rings (SSSR count). The summed E-state index contributed by atoms with van der Waals surface area (Å²) in [4.78, 5) is 21.4. The third-order valence-corrected chi connectivity index (χ3v) is 3.65. The highest BCUT2D eigenvalue weighted by Gasteiger charge is 2.09. The van der Waals surface area contributed by atoms with Gasteiger partial charge in [0.1, 0.15) is 5.75 Å². The maximum Gasteiger partial charge on any atom is 0.260 e. The van der Waals surface area contributed by atoms with E-state index in [4.69, 9.17) is 4.74 Å². The number of anilines is 2. The Morgan fingerprint density at radius 1 is 1.04 bits per heavy atom. The number of rotatable bonds is 4. The van der Waals surface area contributed by atoms with E-state index in [1.165, 1.54) is 0 Å². The predicted octanol–water partition coefficient (Wildman–Crippen LogP) is 3.21. The molecular weight excluding hydrogens is 290 g/mol. The lowest BCUT2D eigenvalue weighted by Gasteiger charge is -2.17. The van der Waals surface area contributed by atoms with Crippen LogP contribution >= 0.6 is 0 Å². The fourth-order valence-corrected chi connectivity index (χ4v) is 2.31. The van der Waals surface area contributed by atoms with Gasteiger partial charge in [-0.3, -0.25) is 9.78 Å². The lowest BCUT2D eigenvalue weighted by Crippen LogP contribution is -2.19. The molecule has 116 valence electrons. The molecule has 0 amide bonds. The minimum absolute atomic E-state index is 0.178. The first kappa shape index (κ1) is 14.8. The van der Waals surface area contributed by atoms with E-state index in [2.05, 4.69) is 9.97 Å². The quantitative estimate of drug-likeness (QED) is 0.804. The number of H-pyrrole nitrogens is 1. The Morgan fingerprint density at radius 2 is 1.74 bits per heavy atom. The van der Waals surface area contributed by atoms with E-state index in [9.17, 15) is 4.79 Å². The molecule has 23 heavy (non-hydrogen) atoms. The number of methoxy groups -OCH3 is 1. The molecule has 1 aromatic heterocycles. The minimum Gasteiger partial charge on any atom is -0.497 e. The second-order valence-corrected chi connectivity index (χ2v) is 5.07. The van der Waals surface area contributed by atoms with Crippen molar-refractivity contribution in [2.75, 3.05) is 19.1 Å². The molecular formula is C18H17N3O2. The van der Waals surface area contributed by atoms with Crippen LogP contribution in [0.5, 0.6) is 5.75 Å².